The van der Waals surface area contributed by atoms with Crippen LogP contribution in [0.15, 0.2) is 0 Å². The topological polar surface area (TPSA) is 115 Å². The summed E-state index contributed by atoms with van der Waals surface area (Å²) in [5, 5.41) is 12.0. The molecule has 0 saturated heterocycles. The predicted octanol–water partition coefficient (Wildman–Crippen LogP) is -12.7. The van der Waals surface area contributed by atoms with Crippen molar-refractivity contribution < 1.29 is 113 Å². The Morgan fingerprint density at radius 1 is 1.31 bits per heavy atom. The van der Waals surface area contributed by atoms with Crippen LogP contribution in [0.1, 0.15) is 6.92 Å². The van der Waals surface area contributed by atoms with Gasteiger partial charge in [0, 0.05) is 6.16 Å². The van der Waals surface area contributed by atoms with Gasteiger partial charge in [-0.1, -0.05) is 0 Å². The van der Waals surface area contributed by atoms with E-state index in [1.54, 1.807) is 0 Å². The Morgan fingerprint density at radius 3 is 1.94 bits per heavy atom. The van der Waals surface area contributed by atoms with E-state index in [4.69, 9.17) is 0 Å². The van der Waals surface area contributed by atoms with Crippen LogP contribution in [0, 0.1) is 0 Å². The van der Waals surface area contributed by atoms with Gasteiger partial charge in [0.1, 0.15) is 0 Å². The summed E-state index contributed by atoms with van der Waals surface area (Å²) in [5.74, 6) is -2.43. The molecule has 0 aromatic rings. The van der Waals surface area contributed by atoms with Gasteiger partial charge in [-0.05, 0) is 6.92 Å². The normalized spacial score (nSPS) is 10.9. The maximum absolute atomic E-state index is 10.7. The van der Waals surface area contributed by atoms with Gasteiger partial charge in [-0.2, -0.15) is 0 Å². The van der Waals surface area contributed by atoms with Crippen molar-refractivity contribution >= 4 is 30.2 Å². The molecule has 0 unspecified atom stereocenters. The van der Waals surface area contributed by atoms with Crippen molar-refractivity contribution in [1.29, 1.82) is 0 Å². The van der Waals surface area contributed by atoms with Crippen LogP contribution in [-0.2, 0) is 21.4 Å². The molecule has 1 N–H and O–H groups in total. The maximum Gasteiger partial charge on any atom is 1.00 e. The van der Waals surface area contributed by atoms with E-state index in [1.807, 2.05) is 5.32 Å². The van der Waals surface area contributed by atoms with Gasteiger partial charge in [-0.25, -0.2) is 6.49 Å². The first-order chi connectivity index (χ1) is 5.72. The Kier molecular flexibility index (Phi) is 21.1. The zero-order chi connectivity index (χ0) is 10.6. The number of carbonyl (C=O) groups excluding carboxylic acids is 2. The van der Waals surface area contributed by atoms with Gasteiger partial charge in [0.2, 0.25) is 5.91 Å². The first-order valence-corrected chi connectivity index (χ1v) is 6.06. The fraction of sp³-hybridized carbons (Fsp3) is 0.600. The van der Waals surface area contributed by atoms with E-state index in [1.165, 1.54) is 0 Å². The van der Waals surface area contributed by atoms with Gasteiger partial charge in [-0.3, -0.25) is 4.79 Å². The Morgan fingerprint density at radius 2 is 1.69 bits per heavy atom. The predicted molar refractivity (Wildman–Crippen MR) is 41.8 cm³/mol. The minimum absolute atomic E-state index is 0. The summed E-state index contributed by atoms with van der Waals surface area (Å²) in [7, 11) is 0. The van der Waals surface area contributed by atoms with Crippen molar-refractivity contribution in [3.63, 3.8) is 0 Å². The Bertz CT molecular complexity index is 273. The number of carboxylic acids is 1. The first kappa shape index (κ1) is 27.0. The van der Waals surface area contributed by atoms with Crippen LogP contribution in [0.4, 0.5) is 0 Å². The molecule has 0 rings (SSSR count). The van der Waals surface area contributed by atoms with Crippen LogP contribution >= 0.6 is 6.49 Å². The molecule has 0 bridgehead atoms. The van der Waals surface area contributed by atoms with Gasteiger partial charge >= 0.3 is 88.7 Å². The monoisotopic (exact) mass is 293 g/mol. The fourth-order valence-electron chi connectivity index (χ4n) is 0.522. The molecule has 1 atom stereocenters. The summed E-state index contributed by atoms with van der Waals surface area (Å²) < 4.78 is 0. The number of amides is 1. The molecule has 0 aromatic carbocycles. The average molecular weight is 293 g/mol. The SMILES string of the molecule is C[C@H](NC(=O)CP([O-])([O-])=S)C(=O)[O-].[Na+].[Na+].[Na+]. The second-order valence-electron chi connectivity index (χ2n) is 2.38. The van der Waals surface area contributed by atoms with Gasteiger partial charge in [0.15, 0.2) is 0 Å². The van der Waals surface area contributed by atoms with E-state index >= 15 is 0 Å². The molecule has 11 heteroatoms. The van der Waals surface area contributed by atoms with Crippen molar-refractivity contribution in [1.82, 2.24) is 5.32 Å². The second kappa shape index (κ2) is 12.5. The molecule has 0 radical (unpaired) electrons. The van der Waals surface area contributed by atoms with Gasteiger partial charge in [-0.15, -0.1) is 11.8 Å². The van der Waals surface area contributed by atoms with Crippen molar-refractivity contribution in [2.24, 2.45) is 0 Å². The molecule has 0 fully saturated rings. The summed E-state index contributed by atoms with van der Waals surface area (Å²) in [6.07, 6.45) is -0.875. The molecule has 0 aliphatic rings. The van der Waals surface area contributed by atoms with E-state index in [-0.39, 0.29) is 88.7 Å². The molecule has 1 amide bonds. The van der Waals surface area contributed by atoms with Gasteiger partial charge in [0.25, 0.3) is 0 Å². The Balaban J connectivity index is -0.000000240. The summed E-state index contributed by atoms with van der Waals surface area (Å²) >= 11 is 3.96. The number of aliphatic carboxylic acids is 1. The number of carboxylic acid groups (broad SMARTS) is 1. The van der Waals surface area contributed by atoms with Crippen molar-refractivity contribution in [2.45, 2.75) is 13.0 Å². The first-order valence-electron chi connectivity index (χ1n) is 3.23. The van der Waals surface area contributed by atoms with Gasteiger partial charge < -0.3 is 25.0 Å². The fourth-order valence-corrected chi connectivity index (χ4v) is 1.32. The number of hydrogen-bond acceptors (Lipinski definition) is 6. The van der Waals surface area contributed by atoms with Crippen LogP contribution < -0.4 is 109 Å². The van der Waals surface area contributed by atoms with Crippen LogP contribution in [-0.4, -0.2) is 24.1 Å². The third kappa shape index (κ3) is 16.5. The number of carbonyl (C=O) groups is 2. The molecular weight excluding hydrogens is 286 g/mol. The zero-order valence-electron chi connectivity index (χ0n) is 9.68. The van der Waals surface area contributed by atoms with Crippen LogP contribution in [0.2, 0.25) is 0 Å². The molecule has 6 nitrogen and oxygen atoms in total. The summed E-state index contributed by atoms with van der Waals surface area (Å²) in [4.78, 5) is 41.7. The number of nitrogens with one attached hydrogen (secondary N) is 1. The average Bonchev–Trinajstić information content (AvgIpc) is 1.81. The van der Waals surface area contributed by atoms with Crippen molar-refractivity contribution in [3.05, 3.63) is 0 Å². The van der Waals surface area contributed by atoms with Crippen molar-refractivity contribution in [2.75, 3.05) is 6.16 Å². The van der Waals surface area contributed by atoms with Gasteiger partial charge in [0.05, 0.1) is 12.0 Å². The molecule has 0 saturated carbocycles. The van der Waals surface area contributed by atoms with E-state index in [9.17, 15) is 24.5 Å². The quantitative estimate of drug-likeness (QED) is 0.406. The molecule has 76 valence electrons. The molecular formula is C5H7NNa3O5PS. The van der Waals surface area contributed by atoms with E-state index < -0.39 is 30.6 Å². The Labute approximate surface area is 165 Å². The molecule has 0 heterocycles. The zero-order valence-corrected chi connectivity index (χ0v) is 17.4. The molecule has 16 heavy (non-hydrogen) atoms. The van der Waals surface area contributed by atoms with Crippen LogP contribution in [0.3, 0.4) is 0 Å². The standard InChI is InChI=1S/C5H10NO5PS.3Na/c1-3(5(8)9)6-4(7)2-12(10,11)13;;;/h3H,2H2,1H3,(H,6,7)(H,8,9)(H2,10,11,13);;;/q;3*+1/p-3/t3-;;;/m0.../s1. The van der Waals surface area contributed by atoms with E-state index in [0.29, 0.717) is 0 Å². The maximum atomic E-state index is 10.7. The summed E-state index contributed by atoms with van der Waals surface area (Å²) in [6, 6.07) is -1.23. The Hall–Kier alpha value is 2.51. The third-order valence-corrected chi connectivity index (χ3v) is 2.13. The minimum atomic E-state index is -4.10. The third-order valence-electron chi connectivity index (χ3n) is 1.07. The summed E-state index contributed by atoms with van der Waals surface area (Å²) in [6.45, 7) is -2.94. The van der Waals surface area contributed by atoms with E-state index in [0.717, 1.165) is 6.92 Å². The molecule has 0 spiro atoms. The molecule has 0 aliphatic heterocycles. The number of hydrogen-bond donors (Lipinski definition) is 1. The largest absolute Gasteiger partial charge is 1.00 e. The van der Waals surface area contributed by atoms with E-state index in [2.05, 4.69) is 11.8 Å². The van der Waals surface area contributed by atoms with Crippen LogP contribution in [0.5, 0.6) is 0 Å². The smallest absolute Gasteiger partial charge is 0.832 e. The molecule has 0 aliphatic carbocycles. The van der Waals surface area contributed by atoms with Crippen molar-refractivity contribution in [3.8, 4) is 0 Å². The number of rotatable bonds is 4. The molecule has 0 aromatic heterocycles. The van der Waals surface area contributed by atoms with Crippen LogP contribution in [0.25, 0.3) is 0 Å². The minimum Gasteiger partial charge on any atom is -0.832 e. The summed E-state index contributed by atoms with van der Waals surface area (Å²) in [5.41, 5.74) is 0. The second-order valence-corrected chi connectivity index (χ2v) is 5.58.